The molecule has 0 bridgehead atoms. The van der Waals surface area contributed by atoms with Gasteiger partial charge in [-0.2, -0.15) is 0 Å². The van der Waals surface area contributed by atoms with Crippen LogP contribution in [-0.4, -0.2) is 43.0 Å². The first-order chi connectivity index (χ1) is 12.8. The molecule has 0 saturated heterocycles. The number of anilines is 1. The molecule has 26 heavy (non-hydrogen) atoms. The Bertz CT molecular complexity index is 846. The Hall–Kier alpha value is -2.37. The Morgan fingerprint density at radius 1 is 1.04 bits per heavy atom. The van der Waals surface area contributed by atoms with Crippen LogP contribution in [0.25, 0.3) is 11.0 Å². The lowest BCUT2D eigenvalue weighted by Gasteiger charge is -2.34. The number of ether oxygens (including phenoxy) is 1. The normalized spacial score (nSPS) is 16.8. The highest BCUT2D eigenvalue weighted by molar-refractivity contribution is 5.78. The van der Waals surface area contributed by atoms with E-state index in [4.69, 9.17) is 9.72 Å². The van der Waals surface area contributed by atoms with E-state index in [0.29, 0.717) is 0 Å². The number of benzene rings is 2. The van der Waals surface area contributed by atoms with Crippen molar-refractivity contribution in [1.29, 1.82) is 0 Å². The van der Waals surface area contributed by atoms with Crippen LogP contribution in [0.1, 0.15) is 12.0 Å². The van der Waals surface area contributed by atoms with Gasteiger partial charge in [-0.25, -0.2) is 4.98 Å². The number of imidazole rings is 1. The van der Waals surface area contributed by atoms with Gasteiger partial charge in [0.15, 0.2) is 13.3 Å². The van der Waals surface area contributed by atoms with Gasteiger partial charge in [0, 0.05) is 26.7 Å². The Labute approximate surface area is 154 Å². The molecule has 1 aliphatic heterocycles. The first-order valence-electron chi connectivity index (χ1n) is 9.42. The van der Waals surface area contributed by atoms with Crippen LogP contribution in [0.2, 0.25) is 0 Å². The number of para-hydroxylation sites is 2. The van der Waals surface area contributed by atoms with E-state index in [2.05, 4.69) is 64.1 Å². The quantitative estimate of drug-likeness (QED) is 0.661. The molecule has 0 spiro atoms. The summed E-state index contributed by atoms with van der Waals surface area (Å²) >= 11 is 0. The number of hydrogen-bond donors (Lipinski definition) is 1. The first-order valence-corrected chi connectivity index (χ1v) is 9.42. The zero-order chi connectivity index (χ0) is 17.8. The molecule has 1 N–H and O–H groups in total. The lowest BCUT2D eigenvalue weighted by Crippen LogP contribution is -3.14. The van der Waals surface area contributed by atoms with E-state index in [1.807, 2.05) is 0 Å². The molecule has 0 saturated carbocycles. The number of methoxy groups -OCH3 is 1. The minimum Gasteiger partial charge on any atom is -0.385 e. The average molecular weight is 351 g/mol. The van der Waals surface area contributed by atoms with Gasteiger partial charge in [0.25, 0.3) is 0 Å². The molecular weight excluding hydrogens is 324 g/mol. The van der Waals surface area contributed by atoms with Crippen molar-refractivity contribution in [3.63, 3.8) is 0 Å². The summed E-state index contributed by atoms with van der Waals surface area (Å²) in [6.45, 7) is 4.86. The molecule has 1 aliphatic rings. The summed E-state index contributed by atoms with van der Waals surface area (Å²) in [6, 6.07) is 19.2. The van der Waals surface area contributed by atoms with Gasteiger partial charge in [0.2, 0.25) is 5.95 Å². The molecule has 1 unspecified atom stereocenters. The number of hydrogen-bond acceptors (Lipinski definition) is 3. The molecule has 2 heterocycles. The van der Waals surface area contributed by atoms with E-state index in [0.717, 1.165) is 57.3 Å². The predicted molar refractivity (Wildman–Crippen MR) is 104 cm³/mol. The van der Waals surface area contributed by atoms with Crippen LogP contribution in [0, 0.1) is 0 Å². The monoisotopic (exact) mass is 351 g/mol. The van der Waals surface area contributed by atoms with Crippen LogP contribution >= 0.6 is 0 Å². The molecule has 5 heteroatoms. The second-order valence-electron chi connectivity index (χ2n) is 6.99. The van der Waals surface area contributed by atoms with Gasteiger partial charge < -0.3 is 9.64 Å². The van der Waals surface area contributed by atoms with Crippen molar-refractivity contribution in [3.8, 4) is 0 Å². The number of rotatable bonds is 7. The van der Waals surface area contributed by atoms with Crippen LogP contribution in [0.15, 0.2) is 54.6 Å². The third-order valence-corrected chi connectivity index (χ3v) is 5.10. The number of quaternary nitrogens is 1. The molecule has 3 aromatic rings. The molecule has 2 aromatic carbocycles. The van der Waals surface area contributed by atoms with Crippen LogP contribution in [0.4, 0.5) is 5.95 Å². The summed E-state index contributed by atoms with van der Waals surface area (Å²) in [5.74, 6) is 1.10. The highest BCUT2D eigenvalue weighted by Crippen LogP contribution is 2.23. The zero-order valence-electron chi connectivity index (χ0n) is 15.4. The van der Waals surface area contributed by atoms with Crippen molar-refractivity contribution in [1.82, 2.24) is 9.55 Å². The number of nitrogens with one attached hydrogen (secondary N) is 1. The van der Waals surface area contributed by atoms with Gasteiger partial charge in [0.05, 0.1) is 17.6 Å². The molecule has 136 valence electrons. The smallest absolute Gasteiger partial charge is 0.215 e. The molecule has 1 atom stereocenters. The molecular formula is C21H27N4O+. The van der Waals surface area contributed by atoms with Gasteiger partial charge in [-0.3, -0.25) is 9.47 Å². The van der Waals surface area contributed by atoms with Gasteiger partial charge in [0.1, 0.15) is 0 Å². The van der Waals surface area contributed by atoms with Crippen molar-refractivity contribution in [2.45, 2.75) is 19.5 Å². The molecule has 0 radical (unpaired) electrons. The fourth-order valence-electron chi connectivity index (χ4n) is 3.78. The highest BCUT2D eigenvalue weighted by atomic mass is 16.5. The first kappa shape index (κ1) is 17.1. The standard InChI is InChI=1S/C21H26N4O/c1-26-15-7-13-24-16-23(14-12-18-8-3-2-4-9-18)17-25-20-11-6-5-10-19(20)22-21(24)25/h2-6,8-11H,7,12-17H2,1H3/p+1. The van der Waals surface area contributed by atoms with Crippen LogP contribution < -0.4 is 9.80 Å². The second kappa shape index (κ2) is 7.89. The van der Waals surface area contributed by atoms with E-state index < -0.39 is 0 Å². The largest absolute Gasteiger partial charge is 0.385 e. The number of nitrogens with zero attached hydrogens (tertiary/aromatic N) is 3. The minimum absolute atomic E-state index is 0.788. The van der Waals surface area contributed by atoms with Crippen molar-refractivity contribution in [2.24, 2.45) is 0 Å². The summed E-state index contributed by atoms with van der Waals surface area (Å²) in [5.41, 5.74) is 3.73. The summed E-state index contributed by atoms with van der Waals surface area (Å²) in [7, 11) is 1.77. The van der Waals surface area contributed by atoms with Crippen molar-refractivity contribution in [2.75, 3.05) is 38.4 Å². The third kappa shape index (κ3) is 3.59. The fourth-order valence-corrected chi connectivity index (χ4v) is 3.78. The molecule has 5 nitrogen and oxygen atoms in total. The van der Waals surface area contributed by atoms with E-state index in [9.17, 15) is 0 Å². The highest BCUT2D eigenvalue weighted by Gasteiger charge is 2.27. The summed E-state index contributed by atoms with van der Waals surface area (Å²) in [4.78, 5) is 8.89. The van der Waals surface area contributed by atoms with E-state index in [1.165, 1.54) is 11.1 Å². The number of fused-ring (bicyclic) bond motifs is 3. The molecule has 0 aliphatic carbocycles. The zero-order valence-corrected chi connectivity index (χ0v) is 15.4. The van der Waals surface area contributed by atoms with Crippen molar-refractivity contribution < 1.29 is 9.64 Å². The summed E-state index contributed by atoms with van der Waals surface area (Å²) in [6.07, 6.45) is 2.12. The van der Waals surface area contributed by atoms with E-state index in [1.54, 1.807) is 12.0 Å². The Morgan fingerprint density at radius 2 is 1.85 bits per heavy atom. The fraction of sp³-hybridized carbons (Fsp3) is 0.381. The second-order valence-corrected chi connectivity index (χ2v) is 6.99. The van der Waals surface area contributed by atoms with E-state index >= 15 is 0 Å². The topological polar surface area (TPSA) is 34.7 Å². The Kier molecular flexibility index (Phi) is 5.18. The van der Waals surface area contributed by atoms with Crippen LogP contribution in [0.5, 0.6) is 0 Å². The maximum atomic E-state index is 5.25. The maximum Gasteiger partial charge on any atom is 0.215 e. The summed E-state index contributed by atoms with van der Waals surface area (Å²) < 4.78 is 7.63. The average Bonchev–Trinajstić information content (AvgIpc) is 3.06. The molecule has 0 fully saturated rings. The minimum atomic E-state index is 0.788. The predicted octanol–water partition coefficient (Wildman–Crippen LogP) is 1.94. The van der Waals surface area contributed by atoms with Crippen molar-refractivity contribution in [3.05, 3.63) is 60.2 Å². The Morgan fingerprint density at radius 3 is 2.69 bits per heavy atom. The number of aromatic nitrogens is 2. The summed E-state index contributed by atoms with van der Waals surface area (Å²) in [5, 5.41) is 0. The maximum absolute atomic E-state index is 5.25. The van der Waals surface area contributed by atoms with Gasteiger partial charge in [-0.1, -0.05) is 42.5 Å². The van der Waals surface area contributed by atoms with E-state index in [-0.39, 0.29) is 0 Å². The lowest BCUT2D eigenvalue weighted by molar-refractivity contribution is -0.924. The third-order valence-electron chi connectivity index (χ3n) is 5.10. The Balaban J connectivity index is 1.55. The van der Waals surface area contributed by atoms with Gasteiger partial charge >= 0.3 is 0 Å². The SMILES string of the molecule is COCCCN1C[NH+](CCc2ccccc2)Cn2c1nc1ccccc12. The molecule has 4 rings (SSSR count). The van der Waals surface area contributed by atoms with Gasteiger partial charge in [-0.05, 0) is 24.1 Å². The van der Waals surface area contributed by atoms with Crippen molar-refractivity contribution >= 4 is 17.0 Å². The van der Waals surface area contributed by atoms with Crippen LogP contribution in [0.3, 0.4) is 0 Å². The molecule has 1 aromatic heterocycles. The molecule has 0 amide bonds. The van der Waals surface area contributed by atoms with Crippen LogP contribution in [-0.2, 0) is 17.8 Å². The lowest BCUT2D eigenvalue weighted by atomic mass is 10.1. The van der Waals surface area contributed by atoms with Gasteiger partial charge in [-0.15, -0.1) is 0 Å².